The minimum Gasteiger partial charge on any atom is -0.497 e. The van der Waals surface area contributed by atoms with Crippen molar-refractivity contribution in [2.75, 3.05) is 20.2 Å². The smallest absolute Gasteiger partial charge is 0.255 e. The Morgan fingerprint density at radius 2 is 1.93 bits per heavy atom. The zero-order valence-electron chi connectivity index (χ0n) is 16.9. The number of benzene rings is 1. The number of ether oxygens (including phenoxy) is 1. The quantitative estimate of drug-likeness (QED) is 0.753. The third-order valence-corrected chi connectivity index (χ3v) is 5.17. The van der Waals surface area contributed by atoms with Gasteiger partial charge in [0, 0.05) is 37.2 Å². The molecule has 1 aliphatic rings. The molecule has 0 spiro atoms. The molecule has 1 atom stereocenters. The fourth-order valence-electron chi connectivity index (χ4n) is 3.63. The lowest BCUT2D eigenvalue weighted by molar-refractivity contribution is -0.124. The van der Waals surface area contributed by atoms with E-state index in [0.717, 1.165) is 29.8 Å². The molecule has 148 valence electrons. The van der Waals surface area contributed by atoms with Crippen molar-refractivity contribution in [3.8, 4) is 17.0 Å². The molecule has 3 rings (SSSR count). The van der Waals surface area contributed by atoms with Crippen LogP contribution < -0.4 is 4.74 Å². The van der Waals surface area contributed by atoms with E-state index in [-0.39, 0.29) is 17.6 Å². The van der Waals surface area contributed by atoms with E-state index in [4.69, 9.17) is 4.74 Å². The molecule has 5 nitrogen and oxygen atoms in total. The molecule has 0 aliphatic carbocycles. The van der Waals surface area contributed by atoms with Gasteiger partial charge in [-0.2, -0.15) is 0 Å². The predicted octanol–water partition coefficient (Wildman–Crippen LogP) is 4.22. The molecule has 2 heterocycles. The number of methoxy groups -OCH3 is 1. The molecule has 2 aromatic rings. The number of hydrogen-bond acceptors (Lipinski definition) is 4. The minimum absolute atomic E-state index is 0.0355. The number of ketones is 1. The van der Waals surface area contributed by atoms with E-state index in [1.54, 1.807) is 18.2 Å². The highest BCUT2D eigenvalue weighted by molar-refractivity contribution is 5.94. The lowest BCUT2D eigenvalue weighted by Gasteiger charge is -2.32. The topological polar surface area (TPSA) is 59.5 Å². The molecule has 1 aromatic carbocycles. The first-order valence-electron chi connectivity index (χ1n) is 9.90. The van der Waals surface area contributed by atoms with Gasteiger partial charge in [0.15, 0.2) is 0 Å². The maximum atomic E-state index is 12.9. The fraction of sp³-hybridized carbons (Fsp3) is 0.435. The minimum atomic E-state index is -0.0455. The molecule has 0 bridgehead atoms. The maximum absolute atomic E-state index is 12.9. The number of Topliss-reactive ketones (excluding diaryl/α,β-unsaturated/α-hetero) is 1. The van der Waals surface area contributed by atoms with Crippen molar-refractivity contribution in [3.05, 3.63) is 48.2 Å². The van der Waals surface area contributed by atoms with Crippen LogP contribution in [0.15, 0.2) is 42.6 Å². The van der Waals surface area contributed by atoms with Gasteiger partial charge < -0.3 is 9.64 Å². The molecule has 1 saturated heterocycles. The second-order valence-electron chi connectivity index (χ2n) is 7.82. The van der Waals surface area contributed by atoms with E-state index in [1.165, 1.54) is 0 Å². The lowest BCUT2D eigenvalue weighted by atomic mass is 9.89. The number of hydrogen-bond donors (Lipinski definition) is 0. The van der Waals surface area contributed by atoms with E-state index >= 15 is 0 Å². The van der Waals surface area contributed by atoms with E-state index in [0.29, 0.717) is 31.0 Å². The zero-order valence-corrected chi connectivity index (χ0v) is 16.9. The lowest BCUT2D eigenvalue weighted by Crippen LogP contribution is -2.42. The van der Waals surface area contributed by atoms with Crippen molar-refractivity contribution < 1.29 is 14.3 Å². The Balaban J connectivity index is 1.67. The summed E-state index contributed by atoms with van der Waals surface area (Å²) >= 11 is 0. The van der Waals surface area contributed by atoms with Crippen molar-refractivity contribution in [3.63, 3.8) is 0 Å². The zero-order chi connectivity index (χ0) is 20.1. The van der Waals surface area contributed by atoms with Crippen LogP contribution >= 0.6 is 0 Å². The van der Waals surface area contributed by atoms with Crippen LogP contribution in [0, 0.1) is 11.8 Å². The van der Waals surface area contributed by atoms with E-state index in [9.17, 15) is 9.59 Å². The number of piperidine rings is 1. The maximum Gasteiger partial charge on any atom is 0.255 e. The Morgan fingerprint density at radius 3 is 2.54 bits per heavy atom. The van der Waals surface area contributed by atoms with Crippen LogP contribution in [0.3, 0.4) is 0 Å². The monoisotopic (exact) mass is 380 g/mol. The summed E-state index contributed by atoms with van der Waals surface area (Å²) in [7, 11) is 1.63. The second-order valence-corrected chi connectivity index (χ2v) is 7.82. The first-order valence-corrected chi connectivity index (χ1v) is 9.90. The number of aromatic nitrogens is 1. The van der Waals surface area contributed by atoms with Gasteiger partial charge in [-0.25, -0.2) is 0 Å². The molecule has 5 heteroatoms. The molecule has 28 heavy (non-hydrogen) atoms. The molecular weight excluding hydrogens is 352 g/mol. The first-order chi connectivity index (χ1) is 13.5. The van der Waals surface area contributed by atoms with Gasteiger partial charge in [0.25, 0.3) is 5.91 Å². The predicted molar refractivity (Wildman–Crippen MR) is 109 cm³/mol. The van der Waals surface area contributed by atoms with Gasteiger partial charge in [0.05, 0.1) is 18.4 Å². The summed E-state index contributed by atoms with van der Waals surface area (Å²) < 4.78 is 5.17. The van der Waals surface area contributed by atoms with Crippen molar-refractivity contribution in [2.24, 2.45) is 11.8 Å². The highest BCUT2D eigenvalue weighted by Gasteiger charge is 2.29. The highest BCUT2D eigenvalue weighted by atomic mass is 16.5. The number of carbonyl (C=O) groups is 2. The summed E-state index contributed by atoms with van der Waals surface area (Å²) in [5.41, 5.74) is 2.34. The number of rotatable bonds is 6. The Hall–Kier alpha value is -2.69. The summed E-state index contributed by atoms with van der Waals surface area (Å²) in [4.78, 5) is 31.5. The third kappa shape index (κ3) is 4.77. The van der Waals surface area contributed by atoms with Crippen molar-refractivity contribution in [1.82, 2.24) is 9.88 Å². The number of amides is 1. The standard InChI is InChI=1S/C23H28N2O3/c1-16(2)13-22(26)19-5-4-12-25(15-19)23(27)18-8-11-21(24-14-18)17-6-9-20(28-3)10-7-17/h6-11,14,16,19H,4-5,12-13,15H2,1-3H3. The summed E-state index contributed by atoms with van der Waals surface area (Å²) in [5, 5.41) is 0. The summed E-state index contributed by atoms with van der Waals surface area (Å²) in [6.07, 6.45) is 3.97. The Labute approximate surface area is 166 Å². The van der Waals surface area contributed by atoms with Gasteiger partial charge in [-0.3, -0.25) is 14.6 Å². The fourth-order valence-corrected chi connectivity index (χ4v) is 3.63. The van der Waals surface area contributed by atoms with Gasteiger partial charge in [-0.05, 0) is 55.2 Å². The molecule has 1 unspecified atom stereocenters. The Kier molecular flexibility index (Phi) is 6.45. The van der Waals surface area contributed by atoms with E-state index in [1.807, 2.05) is 36.4 Å². The van der Waals surface area contributed by atoms with Crippen LogP contribution in [-0.2, 0) is 4.79 Å². The van der Waals surface area contributed by atoms with Crippen molar-refractivity contribution in [2.45, 2.75) is 33.1 Å². The molecule has 0 N–H and O–H groups in total. The van der Waals surface area contributed by atoms with Crippen LogP contribution in [0.1, 0.15) is 43.5 Å². The van der Waals surface area contributed by atoms with E-state index in [2.05, 4.69) is 18.8 Å². The van der Waals surface area contributed by atoms with Gasteiger partial charge in [-0.1, -0.05) is 13.8 Å². The SMILES string of the molecule is COc1ccc(-c2ccc(C(=O)N3CCCC(C(=O)CC(C)C)C3)cn2)cc1. The van der Waals surface area contributed by atoms with Crippen LogP contribution in [0.4, 0.5) is 0 Å². The summed E-state index contributed by atoms with van der Waals surface area (Å²) in [5.74, 6) is 1.35. The third-order valence-electron chi connectivity index (χ3n) is 5.17. The van der Waals surface area contributed by atoms with Crippen molar-refractivity contribution in [1.29, 1.82) is 0 Å². The summed E-state index contributed by atoms with van der Waals surface area (Å²) in [6, 6.07) is 11.3. The van der Waals surface area contributed by atoms with Crippen LogP contribution in [0.5, 0.6) is 5.75 Å². The molecule has 1 amide bonds. The molecule has 1 aromatic heterocycles. The Bertz CT molecular complexity index is 813. The molecular formula is C23H28N2O3. The average molecular weight is 380 g/mol. The summed E-state index contributed by atoms with van der Waals surface area (Å²) in [6.45, 7) is 5.33. The molecule has 1 aliphatic heterocycles. The molecule has 1 fully saturated rings. The van der Waals surface area contributed by atoms with Gasteiger partial charge >= 0.3 is 0 Å². The van der Waals surface area contributed by atoms with Crippen LogP contribution in [0.25, 0.3) is 11.3 Å². The average Bonchev–Trinajstić information content (AvgIpc) is 2.73. The number of carbonyl (C=O) groups excluding carboxylic acids is 2. The number of likely N-dealkylation sites (tertiary alicyclic amines) is 1. The van der Waals surface area contributed by atoms with E-state index < -0.39 is 0 Å². The molecule has 0 radical (unpaired) electrons. The molecule has 0 saturated carbocycles. The second kappa shape index (κ2) is 9.00. The van der Waals surface area contributed by atoms with Gasteiger partial charge in [0.2, 0.25) is 0 Å². The van der Waals surface area contributed by atoms with Crippen molar-refractivity contribution >= 4 is 11.7 Å². The number of nitrogens with zero attached hydrogens (tertiary/aromatic N) is 2. The first kappa shape index (κ1) is 20.1. The number of pyridine rings is 1. The van der Waals surface area contributed by atoms with Crippen LogP contribution in [-0.4, -0.2) is 41.8 Å². The van der Waals surface area contributed by atoms with Gasteiger partial charge in [0.1, 0.15) is 11.5 Å². The normalized spacial score (nSPS) is 16.9. The van der Waals surface area contributed by atoms with Gasteiger partial charge in [-0.15, -0.1) is 0 Å². The van der Waals surface area contributed by atoms with Crippen LogP contribution in [0.2, 0.25) is 0 Å². The largest absolute Gasteiger partial charge is 0.497 e. The highest BCUT2D eigenvalue weighted by Crippen LogP contribution is 2.24. The Morgan fingerprint density at radius 1 is 1.18 bits per heavy atom.